The van der Waals surface area contributed by atoms with Gasteiger partial charge in [0.15, 0.2) is 11.6 Å². The maximum absolute atomic E-state index is 14.3. The van der Waals surface area contributed by atoms with Crippen LogP contribution in [0.15, 0.2) is 72.8 Å². The van der Waals surface area contributed by atoms with E-state index in [2.05, 4.69) is 0 Å². The van der Waals surface area contributed by atoms with Crippen LogP contribution in [-0.2, 0) is 16.6 Å². The van der Waals surface area contributed by atoms with Gasteiger partial charge < -0.3 is 14.6 Å². The van der Waals surface area contributed by atoms with Crippen LogP contribution in [0.4, 0.5) is 4.39 Å². The van der Waals surface area contributed by atoms with E-state index in [9.17, 15) is 14.3 Å². The Morgan fingerprint density at radius 3 is 2.34 bits per heavy atom. The van der Waals surface area contributed by atoms with Gasteiger partial charge in [0.1, 0.15) is 21.2 Å². The van der Waals surface area contributed by atoms with Crippen molar-refractivity contribution in [3.8, 4) is 17.2 Å². The summed E-state index contributed by atoms with van der Waals surface area (Å²) in [5.74, 6) is -1.08. The number of carboxylic acids is 1. The minimum absolute atomic E-state index is 0.0473. The highest BCUT2D eigenvalue weighted by Crippen LogP contribution is 2.70. The van der Waals surface area contributed by atoms with Gasteiger partial charge in [-0.3, -0.25) is 4.79 Å². The number of hydrogen-bond acceptors (Lipinski definition) is 3. The third kappa shape index (κ3) is 3.80. The molecule has 0 amide bonds. The molecule has 1 fully saturated rings. The van der Waals surface area contributed by atoms with Crippen molar-refractivity contribution in [1.82, 2.24) is 0 Å². The second-order valence-corrected chi connectivity index (χ2v) is 9.02. The molecule has 0 spiro atoms. The molecule has 4 rings (SSSR count). The van der Waals surface area contributed by atoms with Gasteiger partial charge in [-0.05, 0) is 60.9 Å². The smallest absolute Gasteiger partial charge is 0.317 e. The molecule has 3 aromatic rings. The Labute approximate surface area is 195 Å². The molecule has 166 valence electrons. The lowest BCUT2D eigenvalue weighted by Crippen LogP contribution is -2.27. The van der Waals surface area contributed by atoms with Gasteiger partial charge in [0.2, 0.25) is 0 Å². The van der Waals surface area contributed by atoms with Gasteiger partial charge in [0.05, 0.1) is 6.61 Å². The fraction of sp³-hybridized carbons (Fsp3) is 0.240. The maximum Gasteiger partial charge on any atom is 0.317 e. The number of alkyl halides is 2. The molecular formula is C25H21Cl2FO4. The first-order valence-electron chi connectivity index (χ1n) is 10.2. The number of carbonyl (C=O) groups is 1. The van der Waals surface area contributed by atoms with E-state index in [1.165, 1.54) is 6.07 Å². The fourth-order valence-electron chi connectivity index (χ4n) is 4.15. The molecule has 1 aliphatic rings. The SMILES string of the molecule is CCOc1ccc(C2(C(=O)O)C(Cc3ccc(F)c(Oc4ccccc4)c3)C2(Cl)Cl)cc1. The summed E-state index contributed by atoms with van der Waals surface area (Å²) in [5.41, 5.74) is -0.330. The van der Waals surface area contributed by atoms with Crippen LogP contribution in [0.3, 0.4) is 0 Å². The molecule has 0 aliphatic heterocycles. The third-order valence-corrected chi connectivity index (χ3v) is 6.89. The number of aliphatic carboxylic acids is 1. The number of carboxylic acid groups (broad SMARTS) is 1. The summed E-state index contributed by atoms with van der Waals surface area (Å²) >= 11 is 13.1. The second kappa shape index (κ2) is 8.64. The van der Waals surface area contributed by atoms with Crippen molar-refractivity contribution < 1.29 is 23.8 Å². The zero-order valence-electron chi connectivity index (χ0n) is 17.2. The predicted octanol–water partition coefficient (Wildman–Crippen LogP) is 6.39. The highest BCUT2D eigenvalue weighted by Gasteiger charge is 2.81. The normalized spacial score (nSPS) is 21.1. The average Bonchev–Trinajstić information content (AvgIpc) is 3.27. The Hall–Kier alpha value is -2.76. The first-order chi connectivity index (χ1) is 15.3. The molecule has 0 heterocycles. The van der Waals surface area contributed by atoms with Crippen molar-refractivity contribution in [3.05, 3.63) is 89.7 Å². The Kier molecular flexibility index (Phi) is 6.06. The summed E-state index contributed by atoms with van der Waals surface area (Å²) in [6.45, 7) is 2.36. The maximum atomic E-state index is 14.3. The lowest BCUT2D eigenvalue weighted by Gasteiger charge is -2.15. The van der Waals surface area contributed by atoms with Crippen molar-refractivity contribution in [3.63, 3.8) is 0 Å². The Morgan fingerprint density at radius 1 is 1.03 bits per heavy atom. The van der Waals surface area contributed by atoms with Gasteiger partial charge in [-0.25, -0.2) is 4.39 Å². The molecule has 7 heteroatoms. The van der Waals surface area contributed by atoms with Crippen molar-refractivity contribution >= 4 is 29.2 Å². The lowest BCUT2D eigenvalue weighted by molar-refractivity contribution is -0.140. The van der Waals surface area contributed by atoms with Gasteiger partial charge in [0.25, 0.3) is 0 Å². The van der Waals surface area contributed by atoms with E-state index in [-0.39, 0.29) is 12.2 Å². The van der Waals surface area contributed by atoms with Crippen LogP contribution in [0.25, 0.3) is 0 Å². The number of halogens is 3. The van der Waals surface area contributed by atoms with Crippen molar-refractivity contribution in [1.29, 1.82) is 0 Å². The molecule has 1 N–H and O–H groups in total. The van der Waals surface area contributed by atoms with Crippen molar-refractivity contribution in [2.45, 2.75) is 23.1 Å². The van der Waals surface area contributed by atoms with Crippen molar-refractivity contribution in [2.75, 3.05) is 6.61 Å². The van der Waals surface area contributed by atoms with E-state index in [0.29, 0.717) is 29.2 Å². The van der Waals surface area contributed by atoms with Gasteiger partial charge >= 0.3 is 5.97 Å². The Bertz CT molecular complexity index is 1120. The van der Waals surface area contributed by atoms with Crippen LogP contribution >= 0.6 is 23.2 Å². The lowest BCUT2D eigenvalue weighted by atomic mass is 9.91. The van der Waals surface area contributed by atoms with Gasteiger partial charge in [-0.15, -0.1) is 0 Å². The van der Waals surface area contributed by atoms with Crippen molar-refractivity contribution in [2.24, 2.45) is 5.92 Å². The number of ether oxygens (including phenoxy) is 2. The molecule has 32 heavy (non-hydrogen) atoms. The van der Waals surface area contributed by atoms with Gasteiger partial charge in [-0.1, -0.05) is 59.6 Å². The Morgan fingerprint density at radius 2 is 1.72 bits per heavy atom. The van der Waals surface area contributed by atoms with E-state index in [0.717, 1.165) is 0 Å². The summed E-state index contributed by atoms with van der Waals surface area (Å²) in [6, 6.07) is 20.0. The number of hydrogen-bond donors (Lipinski definition) is 1. The first-order valence-corrected chi connectivity index (χ1v) is 10.9. The average molecular weight is 475 g/mol. The number of rotatable bonds is 8. The Balaban J connectivity index is 1.62. The first kappa shape index (κ1) is 22.4. The van der Waals surface area contributed by atoms with E-state index in [4.69, 9.17) is 32.7 Å². The number of para-hydroxylation sites is 1. The zero-order valence-corrected chi connectivity index (χ0v) is 18.7. The summed E-state index contributed by atoms with van der Waals surface area (Å²) < 4.78 is 23.9. The molecule has 1 aliphatic carbocycles. The molecule has 0 radical (unpaired) electrons. The molecular weight excluding hydrogens is 454 g/mol. The van der Waals surface area contributed by atoms with Gasteiger partial charge in [-0.2, -0.15) is 0 Å². The minimum atomic E-state index is -1.53. The molecule has 3 aromatic carbocycles. The van der Waals surface area contributed by atoms with Crippen LogP contribution in [0.2, 0.25) is 0 Å². The summed E-state index contributed by atoms with van der Waals surface area (Å²) in [5, 5.41) is 10.1. The molecule has 2 atom stereocenters. The zero-order chi connectivity index (χ0) is 22.9. The highest BCUT2D eigenvalue weighted by molar-refractivity contribution is 6.54. The third-order valence-electron chi connectivity index (χ3n) is 5.77. The van der Waals surface area contributed by atoms with Crippen LogP contribution in [0, 0.1) is 11.7 Å². The quantitative estimate of drug-likeness (QED) is 0.384. The molecule has 0 aromatic heterocycles. The number of benzene rings is 3. The van der Waals surface area contributed by atoms with Crippen LogP contribution in [-0.4, -0.2) is 22.0 Å². The largest absolute Gasteiger partial charge is 0.494 e. The fourth-order valence-corrected chi connectivity index (χ4v) is 5.16. The van der Waals surface area contributed by atoms with E-state index in [1.54, 1.807) is 60.7 Å². The monoisotopic (exact) mass is 474 g/mol. The standard InChI is InChI=1S/C25H21Cl2FO4/c1-2-31-18-11-9-17(10-12-18)24(23(29)30)22(25(24,26)27)15-16-8-13-20(28)21(14-16)32-19-6-4-3-5-7-19/h3-14,22H,2,15H2,1H3,(H,29,30). The predicted molar refractivity (Wildman–Crippen MR) is 121 cm³/mol. The van der Waals surface area contributed by atoms with E-state index < -0.39 is 27.5 Å². The van der Waals surface area contributed by atoms with E-state index in [1.807, 2.05) is 13.0 Å². The van der Waals surface area contributed by atoms with Crippen LogP contribution in [0.1, 0.15) is 18.1 Å². The highest BCUT2D eigenvalue weighted by atomic mass is 35.5. The summed E-state index contributed by atoms with van der Waals surface area (Å²) in [6.07, 6.45) is 0.234. The van der Waals surface area contributed by atoms with Gasteiger partial charge in [0, 0.05) is 5.92 Å². The van der Waals surface area contributed by atoms with E-state index >= 15 is 0 Å². The minimum Gasteiger partial charge on any atom is -0.494 e. The second-order valence-electron chi connectivity index (χ2n) is 7.63. The topological polar surface area (TPSA) is 55.8 Å². The molecule has 0 saturated heterocycles. The van der Waals surface area contributed by atoms with Crippen LogP contribution in [0.5, 0.6) is 17.2 Å². The summed E-state index contributed by atoms with van der Waals surface area (Å²) in [7, 11) is 0. The molecule has 1 saturated carbocycles. The molecule has 4 nitrogen and oxygen atoms in total. The molecule has 0 bridgehead atoms. The van der Waals surface area contributed by atoms with Crippen LogP contribution < -0.4 is 9.47 Å². The summed E-state index contributed by atoms with van der Waals surface area (Å²) in [4.78, 5) is 12.4. The molecule has 2 unspecified atom stereocenters.